The third-order valence-corrected chi connectivity index (χ3v) is 5.28. The summed E-state index contributed by atoms with van der Waals surface area (Å²) in [7, 11) is 0. The number of benzene rings is 1. The number of halogens is 1. The van der Waals surface area contributed by atoms with E-state index in [-0.39, 0.29) is 11.7 Å². The van der Waals surface area contributed by atoms with Crippen molar-refractivity contribution in [3.63, 3.8) is 0 Å². The SMILES string of the molecule is C[C@H](CC(N)=O)C1CCC(c2ccnc3ccc(F)cc23)CC1. The molecule has 0 unspecified atom stereocenters. The summed E-state index contributed by atoms with van der Waals surface area (Å²) in [6.07, 6.45) is 6.62. The van der Waals surface area contributed by atoms with E-state index in [4.69, 9.17) is 5.73 Å². The molecule has 1 amide bonds. The topological polar surface area (TPSA) is 56.0 Å². The summed E-state index contributed by atoms with van der Waals surface area (Å²) in [6.45, 7) is 2.12. The molecule has 0 saturated heterocycles. The van der Waals surface area contributed by atoms with Crippen LogP contribution in [0.3, 0.4) is 0 Å². The van der Waals surface area contributed by atoms with Crippen LogP contribution in [-0.2, 0) is 4.79 Å². The first-order valence-electron chi connectivity index (χ1n) is 8.37. The van der Waals surface area contributed by atoms with Gasteiger partial charge in [0.25, 0.3) is 0 Å². The molecule has 1 aliphatic rings. The minimum atomic E-state index is -0.213. The fraction of sp³-hybridized carbons (Fsp3) is 0.474. The maximum atomic E-state index is 13.6. The van der Waals surface area contributed by atoms with Gasteiger partial charge in [0.05, 0.1) is 5.52 Å². The molecule has 1 aromatic heterocycles. The average molecular weight is 314 g/mol. The van der Waals surface area contributed by atoms with E-state index in [1.807, 2.05) is 12.3 Å². The number of hydrogen-bond donors (Lipinski definition) is 1. The van der Waals surface area contributed by atoms with Crippen molar-refractivity contribution < 1.29 is 9.18 Å². The summed E-state index contributed by atoms with van der Waals surface area (Å²) in [5.41, 5.74) is 7.37. The molecule has 23 heavy (non-hydrogen) atoms. The van der Waals surface area contributed by atoms with Gasteiger partial charge in [0.15, 0.2) is 0 Å². The third-order valence-electron chi connectivity index (χ3n) is 5.28. The van der Waals surface area contributed by atoms with E-state index >= 15 is 0 Å². The largest absolute Gasteiger partial charge is 0.370 e. The highest BCUT2D eigenvalue weighted by Crippen LogP contribution is 2.41. The van der Waals surface area contributed by atoms with Crippen LogP contribution in [0, 0.1) is 17.7 Å². The van der Waals surface area contributed by atoms with Crippen LogP contribution in [-0.4, -0.2) is 10.9 Å². The molecule has 2 N–H and O–H groups in total. The molecule has 0 bridgehead atoms. The Bertz CT molecular complexity index is 708. The minimum absolute atomic E-state index is 0.212. The van der Waals surface area contributed by atoms with Gasteiger partial charge in [0.1, 0.15) is 5.82 Å². The average Bonchev–Trinajstić information content (AvgIpc) is 2.54. The van der Waals surface area contributed by atoms with Crippen molar-refractivity contribution in [2.75, 3.05) is 0 Å². The fourth-order valence-electron chi connectivity index (χ4n) is 3.98. The highest BCUT2D eigenvalue weighted by Gasteiger charge is 2.27. The maximum Gasteiger partial charge on any atom is 0.217 e. The first kappa shape index (κ1) is 15.9. The van der Waals surface area contributed by atoms with Gasteiger partial charge in [-0.1, -0.05) is 6.92 Å². The molecule has 1 fully saturated rings. The van der Waals surface area contributed by atoms with Crippen LogP contribution in [0.25, 0.3) is 10.9 Å². The Hall–Kier alpha value is -1.97. The Kier molecular flexibility index (Phi) is 4.60. The molecular formula is C19H23FN2O. The van der Waals surface area contributed by atoms with Crippen LogP contribution in [0.4, 0.5) is 4.39 Å². The maximum absolute atomic E-state index is 13.6. The second kappa shape index (κ2) is 6.65. The lowest BCUT2D eigenvalue weighted by molar-refractivity contribution is -0.119. The first-order valence-corrected chi connectivity index (χ1v) is 8.37. The Balaban J connectivity index is 1.75. The van der Waals surface area contributed by atoms with Crippen molar-refractivity contribution in [1.82, 2.24) is 4.98 Å². The number of aromatic nitrogens is 1. The molecule has 122 valence electrons. The zero-order valence-electron chi connectivity index (χ0n) is 13.5. The zero-order chi connectivity index (χ0) is 16.4. The number of amides is 1. The number of carbonyl (C=O) groups is 1. The first-order chi connectivity index (χ1) is 11.0. The van der Waals surface area contributed by atoms with Crippen LogP contribution in [0.2, 0.25) is 0 Å². The highest BCUT2D eigenvalue weighted by atomic mass is 19.1. The van der Waals surface area contributed by atoms with E-state index in [0.717, 1.165) is 36.6 Å². The molecule has 0 spiro atoms. The predicted octanol–water partition coefficient (Wildman–Crippen LogP) is 4.16. The monoisotopic (exact) mass is 314 g/mol. The second-order valence-electron chi connectivity index (χ2n) is 6.82. The number of nitrogens with zero attached hydrogens (tertiary/aromatic N) is 1. The van der Waals surface area contributed by atoms with Gasteiger partial charge in [-0.05, 0) is 73.3 Å². The van der Waals surface area contributed by atoms with Gasteiger partial charge in [0, 0.05) is 18.0 Å². The molecule has 1 atom stereocenters. The molecule has 3 nitrogen and oxygen atoms in total. The number of rotatable bonds is 4. The van der Waals surface area contributed by atoms with Gasteiger partial charge in [-0.15, -0.1) is 0 Å². The lowest BCUT2D eigenvalue weighted by atomic mass is 9.73. The van der Waals surface area contributed by atoms with E-state index in [1.165, 1.54) is 11.6 Å². The van der Waals surface area contributed by atoms with Crippen molar-refractivity contribution in [1.29, 1.82) is 0 Å². The van der Waals surface area contributed by atoms with Crippen LogP contribution in [0.15, 0.2) is 30.5 Å². The second-order valence-corrected chi connectivity index (χ2v) is 6.82. The lowest BCUT2D eigenvalue weighted by Gasteiger charge is -2.32. The summed E-state index contributed by atoms with van der Waals surface area (Å²) >= 11 is 0. The molecule has 1 heterocycles. The van der Waals surface area contributed by atoms with Gasteiger partial charge in [-0.2, -0.15) is 0 Å². The van der Waals surface area contributed by atoms with Gasteiger partial charge in [-0.3, -0.25) is 9.78 Å². The lowest BCUT2D eigenvalue weighted by Crippen LogP contribution is -2.24. The van der Waals surface area contributed by atoms with Crippen molar-refractivity contribution in [2.24, 2.45) is 17.6 Å². The van der Waals surface area contributed by atoms with Crippen molar-refractivity contribution in [3.05, 3.63) is 41.8 Å². The molecule has 0 aliphatic heterocycles. The fourth-order valence-corrected chi connectivity index (χ4v) is 3.98. The summed E-state index contributed by atoms with van der Waals surface area (Å²) in [5.74, 6) is 0.925. The molecular weight excluding hydrogens is 291 g/mol. The predicted molar refractivity (Wildman–Crippen MR) is 89.4 cm³/mol. The van der Waals surface area contributed by atoms with E-state index < -0.39 is 0 Å². The zero-order valence-corrected chi connectivity index (χ0v) is 13.5. The van der Waals surface area contributed by atoms with Crippen molar-refractivity contribution in [2.45, 2.75) is 44.9 Å². The standard InChI is InChI=1S/C19H23FN2O/c1-12(10-19(21)23)13-2-4-14(5-3-13)16-8-9-22-18-7-6-15(20)11-17(16)18/h6-9,11-14H,2-5,10H2,1H3,(H2,21,23)/t12-,13?,14?/m1/s1. The van der Waals surface area contributed by atoms with Gasteiger partial charge in [-0.25, -0.2) is 4.39 Å². The van der Waals surface area contributed by atoms with E-state index in [1.54, 1.807) is 12.1 Å². The Labute approximate surface area is 136 Å². The van der Waals surface area contributed by atoms with Crippen molar-refractivity contribution >= 4 is 16.8 Å². The van der Waals surface area contributed by atoms with Crippen LogP contribution in [0.5, 0.6) is 0 Å². The highest BCUT2D eigenvalue weighted by molar-refractivity contribution is 5.82. The minimum Gasteiger partial charge on any atom is -0.370 e. The molecule has 3 rings (SSSR count). The number of pyridine rings is 1. The summed E-state index contributed by atoms with van der Waals surface area (Å²) in [6, 6.07) is 6.83. The normalized spacial score (nSPS) is 22.9. The smallest absolute Gasteiger partial charge is 0.217 e. The summed E-state index contributed by atoms with van der Waals surface area (Å²) in [4.78, 5) is 15.4. The molecule has 4 heteroatoms. The Morgan fingerprint density at radius 2 is 2.04 bits per heavy atom. The van der Waals surface area contributed by atoms with Crippen LogP contribution >= 0.6 is 0 Å². The van der Waals surface area contributed by atoms with Gasteiger partial charge >= 0.3 is 0 Å². The summed E-state index contributed by atoms with van der Waals surface area (Å²) in [5, 5.41) is 0.932. The van der Waals surface area contributed by atoms with Gasteiger partial charge < -0.3 is 5.73 Å². The summed E-state index contributed by atoms with van der Waals surface area (Å²) < 4.78 is 13.6. The van der Waals surface area contributed by atoms with Crippen LogP contribution in [0.1, 0.15) is 50.5 Å². The number of primary amides is 1. The Morgan fingerprint density at radius 1 is 1.30 bits per heavy atom. The third kappa shape index (κ3) is 3.52. The molecule has 1 saturated carbocycles. The van der Waals surface area contributed by atoms with E-state index in [2.05, 4.69) is 11.9 Å². The van der Waals surface area contributed by atoms with Crippen molar-refractivity contribution in [3.8, 4) is 0 Å². The molecule has 2 aromatic rings. The van der Waals surface area contributed by atoms with Gasteiger partial charge in [0.2, 0.25) is 5.91 Å². The van der Waals surface area contributed by atoms with E-state index in [0.29, 0.717) is 24.2 Å². The molecule has 1 aromatic carbocycles. The number of nitrogens with two attached hydrogens (primary N) is 1. The van der Waals surface area contributed by atoms with E-state index in [9.17, 15) is 9.18 Å². The number of carbonyl (C=O) groups excluding carboxylic acids is 1. The quantitative estimate of drug-likeness (QED) is 0.921. The Morgan fingerprint density at radius 3 is 2.74 bits per heavy atom. The number of hydrogen-bond acceptors (Lipinski definition) is 2. The number of fused-ring (bicyclic) bond motifs is 1. The molecule has 0 radical (unpaired) electrons. The molecule has 1 aliphatic carbocycles. The van der Waals surface area contributed by atoms with Crippen LogP contribution < -0.4 is 5.73 Å².